The van der Waals surface area contributed by atoms with Crippen LogP contribution in [0.15, 0.2) is 18.3 Å². The van der Waals surface area contributed by atoms with Gasteiger partial charge < -0.3 is 11.1 Å². The summed E-state index contributed by atoms with van der Waals surface area (Å²) in [6, 6.07) is 3.34. The van der Waals surface area contributed by atoms with Crippen molar-refractivity contribution in [3.63, 3.8) is 0 Å². The van der Waals surface area contributed by atoms with Gasteiger partial charge in [-0.15, -0.1) is 5.10 Å². The van der Waals surface area contributed by atoms with Crippen LogP contribution in [0, 0.1) is 0 Å². The van der Waals surface area contributed by atoms with E-state index in [2.05, 4.69) is 25.7 Å². The molecule has 0 atom stereocenters. The van der Waals surface area contributed by atoms with E-state index in [4.69, 9.17) is 5.73 Å². The minimum Gasteiger partial charge on any atom is -0.395 e. The molecule has 1 fully saturated rings. The molecule has 0 aliphatic heterocycles. The summed E-state index contributed by atoms with van der Waals surface area (Å²) in [5.74, 6) is 0.421. The molecule has 0 radical (unpaired) electrons. The molecule has 2 aromatic heterocycles. The van der Waals surface area contributed by atoms with E-state index in [1.165, 1.54) is 6.20 Å². The van der Waals surface area contributed by atoms with Crippen LogP contribution >= 0.6 is 0 Å². The largest absolute Gasteiger partial charge is 0.395 e. The Morgan fingerprint density at radius 1 is 1.50 bits per heavy atom. The number of amides is 1. The summed E-state index contributed by atoms with van der Waals surface area (Å²) in [7, 11) is 0. The van der Waals surface area contributed by atoms with Gasteiger partial charge in [0, 0.05) is 12.1 Å². The number of aromatic amines is 1. The molecule has 4 N–H and O–H groups in total. The maximum atomic E-state index is 11.9. The standard InChI is InChI=1S/C11H12N6O/c12-8-9(6-3-4-6)16-17-10(8)11(18)14-7-2-1-5-13-15-7/h1-2,5-6H,3-4,12H2,(H,16,17)(H,14,15,18). The van der Waals surface area contributed by atoms with Gasteiger partial charge in [0.2, 0.25) is 0 Å². The first-order chi connectivity index (χ1) is 8.75. The summed E-state index contributed by atoms with van der Waals surface area (Å²) in [5, 5.41) is 16.8. The van der Waals surface area contributed by atoms with Crippen LogP contribution in [-0.4, -0.2) is 26.3 Å². The molecule has 2 heterocycles. The minimum absolute atomic E-state index is 0.211. The summed E-state index contributed by atoms with van der Waals surface area (Å²) < 4.78 is 0. The number of rotatable bonds is 3. The van der Waals surface area contributed by atoms with Crippen molar-refractivity contribution in [1.29, 1.82) is 0 Å². The van der Waals surface area contributed by atoms with Gasteiger partial charge in [0.25, 0.3) is 5.91 Å². The third kappa shape index (κ3) is 1.90. The predicted octanol–water partition coefficient (Wildman–Crippen LogP) is 0.912. The fourth-order valence-corrected chi connectivity index (χ4v) is 1.76. The highest BCUT2D eigenvalue weighted by atomic mass is 16.2. The molecule has 0 unspecified atom stereocenters. The van der Waals surface area contributed by atoms with Gasteiger partial charge in [0.15, 0.2) is 11.5 Å². The topological polar surface area (TPSA) is 110 Å². The fraction of sp³-hybridized carbons (Fsp3) is 0.273. The van der Waals surface area contributed by atoms with E-state index in [9.17, 15) is 4.79 Å². The van der Waals surface area contributed by atoms with Crippen LogP contribution in [0.4, 0.5) is 11.5 Å². The highest BCUT2D eigenvalue weighted by Crippen LogP contribution is 2.42. The third-order valence-electron chi connectivity index (χ3n) is 2.85. The van der Waals surface area contributed by atoms with E-state index in [0.29, 0.717) is 17.4 Å². The van der Waals surface area contributed by atoms with Gasteiger partial charge in [-0.05, 0) is 25.0 Å². The first-order valence-corrected chi connectivity index (χ1v) is 5.68. The van der Waals surface area contributed by atoms with Gasteiger partial charge in [-0.3, -0.25) is 9.89 Å². The van der Waals surface area contributed by atoms with E-state index in [-0.39, 0.29) is 11.6 Å². The van der Waals surface area contributed by atoms with Crippen molar-refractivity contribution >= 4 is 17.4 Å². The molecule has 7 nitrogen and oxygen atoms in total. The molecule has 3 rings (SSSR count). The van der Waals surface area contributed by atoms with Gasteiger partial charge in [-0.1, -0.05) is 0 Å². The molecule has 7 heteroatoms. The zero-order valence-corrected chi connectivity index (χ0v) is 9.55. The zero-order valence-electron chi connectivity index (χ0n) is 9.55. The lowest BCUT2D eigenvalue weighted by atomic mass is 10.2. The third-order valence-corrected chi connectivity index (χ3v) is 2.85. The van der Waals surface area contributed by atoms with Crippen molar-refractivity contribution in [1.82, 2.24) is 20.4 Å². The van der Waals surface area contributed by atoms with Crippen LogP contribution in [0.3, 0.4) is 0 Å². The van der Waals surface area contributed by atoms with Crippen molar-refractivity contribution in [3.8, 4) is 0 Å². The minimum atomic E-state index is -0.379. The first kappa shape index (κ1) is 10.7. The molecule has 1 aliphatic rings. The van der Waals surface area contributed by atoms with Crippen LogP contribution < -0.4 is 11.1 Å². The van der Waals surface area contributed by atoms with E-state index in [1.807, 2.05) is 0 Å². The van der Waals surface area contributed by atoms with Crippen molar-refractivity contribution < 1.29 is 4.79 Å². The average Bonchev–Trinajstić information content (AvgIpc) is 3.14. The molecule has 92 valence electrons. The van der Waals surface area contributed by atoms with Crippen LogP contribution in [0.25, 0.3) is 0 Å². The fourth-order valence-electron chi connectivity index (χ4n) is 1.76. The number of anilines is 2. The van der Waals surface area contributed by atoms with Crippen LogP contribution in [0.2, 0.25) is 0 Å². The number of carbonyl (C=O) groups is 1. The van der Waals surface area contributed by atoms with Gasteiger partial charge in [0.1, 0.15) is 0 Å². The van der Waals surface area contributed by atoms with E-state index >= 15 is 0 Å². The second kappa shape index (κ2) is 4.10. The zero-order chi connectivity index (χ0) is 12.5. The first-order valence-electron chi connectivity index (χ1n) is 5.68. The maximum absolute atomic E-state index is 11.9. The summed E-state index contributed by atoms with van der Waals surface area (Å²) in [6.45, 7) is 0. The summed E-state index contributed by atoms with van der Waals surface area (Å²) >= 11 is 0. The van der Waals surface area contributed by atoms with Gasteiger partial charge in [-0.25, -0.2) is 0 Å². The van der Waals surface area contributed by atoms with E-state index in [1.54, 1.807) is 12.1 Å². The average molecular weight is 244 g/mol. The number of H-pyrrole nitrogens is 1. The lowest BCUT2D eigenvalue weighted by Crippen LogP contribution is -2.15. The monoisotopic (exact) mass is 244 g/mol. The van der Waals surface area contributed by atoms with Crippen LogP contribution in [-0.2, 0) is 0 Å². The van der Waals surface area contributed by atoms with Crippen molar-refractivity contribution in [3.05, 3.63) is 29.7 Å². The molecule has 0 spiro atoms. The Balaban J connectivity index is 1.80. The van der Waals surface area contributed by atoms with Gasteiger partial charge >= 0.3 is 0 Å². The molecule has 18 heavy (non-hydrogen) atoms. The number of carbonyl (C=O) groups excluding carboxylic acids is 1. The summed E-state index contributed by atoms with van der Waals surface area (Å²) in [5.41, 5.74) is 7.41. The second-order valence-electron chi connectivity index (χ2n) is 4.24. The molecule has 0 bridgehead atoms. The molecule has 1 aliphatic carbocycles. The molecular weight excluding hydrogens is 232 g/mol. The Morgan fingerprint density at radius 3 is 3.00 bits per heavy atom. The second-order valence-corrected chi connectivity index (χ2v) is 4.24. The number of hydrogen-bond acceptors (Lipinski definition) is 5. The highest BCUT2D eigenvalue weighted by Gasteiger charge is 2.30. The normalized spacial score (nSPS) is 14.4. The molecular formula is C11H12N6O. The lowest BCUT2D eigenvalue weighted by molar-refractivity contribution is 0.102. The van der Waals surface area contributed by atoms with Gasteiger partial charge in [0.05, 0.1) is 11.4 Å². The molecule has 2 aromatic rings. The Bertz CT molecular complexity index is 574. The van der Waals surface area contributed by atoms with Gasteiger partial charge in [-0.2, -0.15) is 10.2 Å². The van der Waals surface area contributed by atoms with Crippen LogP contribution in [0.5, 0.6) is 0 Å². The number of nitrogen functional groups attached to an aromatic ring is 1. The molecule has 0 saturated heterocycles. The summed E-state index contributed by atoms with van der Waals surface area (Å²) in [6.07, 6.45) is 3.72. The quantitative estimate of drug-likeness (QED) is 0.743. The Kier molecular flexibility index (Phi) is 2.44. The number of nitrogens with zero attached hydrogens (tertiary/aromatic N) is 3. The number of nitrogens with two attached hydrogens (primary N) is 1. The van der Waals surface area contributed by atoms with E-state index in [0.717, 1.165) is 18.5 Å². The van der Waals surface area contributed by atoms with E-state index < -0.39 is 0 Å². The maximum Gasteiger partial charge on any atom is 0.279 e. The Labute approximate surface area is 103 Å². The van der Waals surface area contributed by atoms with Crippen LogP contribution in [0.1, 0.15) is 34.9 Å². The van der Waals surface area contributed by atoms with Crippen molar-refractivity contribution in [2.75, 3.05) is 11.1 Å². The number of hydrogen-bond donors (Lipinski definition) is 3. The lowest BCUT2D eigenvalue weighted by Gasteiger charge is -2.01. The molecule has 1 saturated carbocycles. The summed E-state index contributed by atoms with van der Waals surface area (Å²) in [4.78, 5) is 11.9. The Hall–Kier alpha value is -2.44. The SMILES string of the molecule is Nc1c(C(=O)Nc2cccnn2)n[nH]c1C1CC1. The smallest absolute Gasteiger partial charge is 0.279 e. The highest BCUT2D eigenvalue weighted by molar-refractivity contribution is 6.06. The predicted molar refractivity (Wildman–Crippen MR) is 65.0 cm³/mol. The number of aromatic nitrogens is 4. The van der Waals surface area contributed by atoms with Crippen molar-refractivity contribution in [2.45, 2.75) is 18.8 Å². The van der Waals surface area contributed by atoms with Crippen molar-refractivity contribution in [2.24, 2.45) is 0 Å². The number of nitrogens with one attached hydrogen (secondary N) is 2. The molecule has 0 aromatic carbocycles. The Morgan fingerprint density at radius 2 is 2.33 bits per heavy atom. The molecule has 1 amide bonds.